The topological polar surface area (TPSA) is 57.6 Å². The highest BCUT2D eigenvalue weighted by atomic mass is 35.5. The number of rotatable bonds is 2. The maximum absolute atomic E-state index is 12.4. The van der Waals surface area contributed by atoms with Crippen LogP contribution in [0, 0.1) is 0 Å². The maximum atomic E-state index is 12.4. The number of piperidine rings is 1. The number of β-amino-alcohol motifs (C(OH)–C–C–N with tert-alkyl or cyclic N) is 1. The summed E-state index contributed by atoms with van der Waals surface area (Å²) in [6, 6.07) is 4.50. The third kappa shape index (κ3) is 2.65. The number of hydrogen-bond donors (Lipinski definition) is 1. The molecule has 1 aromatic rings. The second-order valence-corrected chi connectivity index (χ2v) is 6.90. The summed E-state index contributed by atoms with van der Waals surface area (Å²) >= 11 is 11.8. The molecule has 7 heteroatoms. The first-order valence-corrected chi connectivity index (χ1v) is 7.75. The lowest BCUT2D eigenvalue weighted by Crippen LogP contribution is -2.42. The van der Waals surface area contributed by atoms with E-state index in [1.54, 1.807) is 6.07 Å². The van der Waals surface area contributed by atoms with Crippen LogP contribution in [-0.2, 0) is 10.0 Å². The molecule has 1 aliphatic rings. The molecule has 1 unspecified atom stereocenters. The maximum Gasteiger partial charge on any atom is 0.244 e. The van der Waals surface area contributed by atoms with E-state index >= 15 is 0 Å². The van der Waals surface area contributed by atoms with Gasteiger partial charge >= 0.3 is 0 Å². The summed E-state index contributed by atoms with van der Waals surface area (Å²) in [5, 5.41) is 9.78. The molecular formula is C11H13Cl2NO3S. The molecule has 1 saturated heterocycles. The van der Waals surface area contributed by atoms with Crippen LogP contribution in [0.25, 0.3) is 0 Å². The Bertz CT molecular complexity index is 547. The summed E-state index contributed by atoms with van der Waals surface area (Å²) in [5.41, 5.74) is 0. The molecule has 1 heterocycles. The van der Waals surface area contributed by atoms with E-state index in [9.17, 15) is 13.5 Å². The van der Waals surface area contributed by atoms with Gasteiger partial charge < -0.3 is 5.11 Å². The number of aliphatic hydroxyl groups excluding tert-OH is 1. The standard InChI is InChI=1S/C11H13Cl2NO3S/c12-9-4-1-5-10(11(9)13)18(16,17)14-6-2-3-8(15)7-14/h1,4-5,8,15H,2-3,6-7H2. The molecule has 0 aliphatic carbocycles. The van der Waals surface area contributed by atoms with Crippen molar-refractivity contribution in [1.29, 1.82) is 0 Å². The second kappa shape index (κ2) is 5.35. The zero-order valence-electron chi connectivity index (χ0n) is 9.51. The summed E-state index contributed by atoms with van der Waals surface area (Å²) in [5.74, 6) is 0. The van der Waals surface area contributed by atoms with Crippen molar-refractivity contribution in [3.63, 3.8) is 0 Å². The van der Waals surface area contributed by atoms with E-state index < -0.39 is 16.1 Å². The highest BCUT2D eigenvalue weighted by Crippen LogP contribution is 2.31. The van der Waals surface area contributed by atoms with Crippen LogP contribution in [0.5, 0.6) is 0 Å². The lowest BCUT2D eigenvalue weighted by Gasteiger charge is -2.29. The van der Waals surface area contributed by atoms with Gasteiger partial charge in [-0.05, 0) is 25.0 Å². The Kier molecular flexibility index (Phi) is 4.18. The molecule has 1 atom stereocenters. The number of halogens is 2. The first-order valence-electron chi connectivity index (χ1n) is 5.55. The summed E-state index contributed by atoms with van der Waals surface area (Å²) in [7, 11) is -3.69. The lowest BCUT2D eigenvalue weighted by atomic mass is 10.1. The molecule has 2 rings (SSSR count). The molecule has 1 aliphatic heterocycles. The largest absolute Gasteiger partial charge is 0.392 e. The SMILES string of the molecule is O=S(=O)(c1cccc(Cl)c1Cl)N1CCCC(O)C1. The minimum atomic E-state index is -3.69. The van der Waals surface area contributed by atoms with Crippen molar-refractivity contribution < 1.29 is 13.5 Å². The van der Waals surface area contributed by atoms with E-state index in [1.807, 2.05) is 0 Å². The predicted octanol–water partition coefficient (Wildman–Crippen LogP) is 2.14. The van der Waals surface area contributed by atoms with E-state index in [0.717, 1.165) is 0 Å². The predicted molar refractivity (Wildman–Crippen MR) is 70.5 cm³/mol. The first kappa shape index (κ1) is 14.1. The van der Waals surface area contributed by atoms with E-state index in [-0.39, 0.29) is 21.5 Å². The van der Waals surface area contributed by atoms with E-state index in [4.69, 9.17) is 23.2 Å². The zero-order valence-corrected chi connectivity index (χ0v) is 11.8. The van der Waals surface area contributed by atoms with E-state index in [0.29, 0.717) is 19.4 Å². The van der Waals surface area contributed by atoms with Gasteiger partial charge in [0.15, 0.2) is 0 Å². The number of aliphatic hydroxyl groups is 1. The molecule has 0 spiro atoms. The van der Waals surface area contributed by atoms with Crippen molar-refractivity contribution in [3.05, 3.63) is 28.2 Å². The molecule has 100 valence electrons. The first-order chi connectivity index (χ1) is 8.43. The molecule has 0 amide bonds. The van der Waals surface area contributed by atoms with Crippen LogP contribution < -0.4 is 0 Å². The normalized spacial score (nSPS) is 22.1. The zero-order chi connectivity index (χ0) is 13.3. The quantitative estimate of drug-likeness (QED) is 0.910. The Labute approximate surface area is 116 Å². The van der Waals surface area contributed by atoms with Crippen LogP contribution in [0.3, 0.4) is 0 Å². The third-order valence-electron chi connectivity index (χ3n) is 2.89. The monoisotopic (exact) mass is 309 g/mol. The van der Waals surface area contributed by atoms with E-state index in [2.05, 4.69) is 0 Å². The van der Waals surface area contributed by atoms with Gasteiger partial charge in [-0.25, -0.2) is 8.42 Å². The van der Waals surface area contributed by atoms with Crippen molar-refractivity contribution in [2.75, 3.05) is 13.1 Å². The van der Waals surface area contributed by atoms with Gasteiger partial charge in [-0.3, -0.25) is 0 Å². The van der Waals surface area contributed by atoms with Crippen molar-refractivity contribution >= 4 is 33.2 Å². The van der Waals surface area contributed by atoms with Crippen LogP contribution in [0.4, 0.5) is 0 Å². The molecule has 0 aromatic heterocycles. The number of nitrogens with zero attached hydrogens (tertiary/aromatic N) is 1. The Hall–Kier alpha value is -0.330. The molecule has 1 N–H and O–H groups in total. The van der Waals surface area contributed by atoms with Crippen LogP contribution in [-0.4, -0.2) is 37.0 Å². The number of sulfonamides is 1. The minimum absolute atomic E-state index is 0.00855. The van der Waals surface area contributed by atoms with Gasteiger partial charge in [-0.15, -0.1) is 0 Å². The fraction of sp³-hybridized carbons (Fsp3) is 0.455. The van der Waals surface area contributed by atoms with Crippen molar-refractivity contribution in [3.8, 4) is 0 Å². The lowest BCUT2D eigenvalue weighted by molar-refractivity contribution is 0.108. The van der Waals surface area contributed by atoms with Crippen LogP contribution in [0.2, 0.25) is 10.0 Å². The van der Waals surface area contributed by atoms with Crippen LogP contribution >= 0.6 is 23.2 Å². The fourth-order valence-corrected chi connectivity index (χ4v) is 4.21. The van der Waals surface area contributed by atoms with Gasteiger partial charge in [0.1, 0.15) is 4.90 Å². The average molecular weight is 310 g/mol. The molecule has 1 fully saturated rings. The van der Waals surface area contributed by atoms with Gasteiger partial charge in [0.25, 0.3) is 0 Å². The summed E-state index contributed by atoms with van der Waals surface area (Å²) in [6.45, 7) is 0.493. The summed E-state index contributed by atoms with van der Waals surface area (Å²) in [6.07, 6.45) is 0.639. The van der Waals surface area contributed by atoms with Crippen molar-refractivity contribution in [1.82, 2.24) is 4.31 Å². The Morgan fingerprint density at radius 3 is 2.72 bits per heavy atom. The summed E-state index contributed by atoms with van der Waals surface area (Å²) in [4.78, 5) is -0.00855. The highest BCUT2D eigenvalue weighted by molar-refractivity contribution is 7.89. The van der Waals surface area contributed by atoms with E-state index in [1.165, 1.54) is 16.4 Å². The number of benzene rings is 1. The molecule has 0 bridgehead atoms. The van der Waals surface area contributed by atoms with Crippen molar-refractivity contribution in [2.45, 2.75) is 23.8 Å². The van der Waals surface area contributed by atoms with Gasteiger partial charge in [0.05, 0.1) is 16.1 Å². The molecule has 18 heavy (non-hydrogen) atoms. The second-order valence-electron chi connectivity index (χ2n) is 4.21. The van der Waals surface area contributed by atoms with Crippen LogP contribution in [0.1, 0.15) is 12.8 Å². The Morgan fingerprint density at radius 1 is 1.33 bits per heavy atom. The molecule has 1 aromatic carbocycles. The molecule has 0 radical (unpaired) electrons. The van der Waals surface area contributed by atoms with Gasteiger partial charge in [-0.2, -0.15) is 4.31 Å². The van der Waals surface area contributed by atoms with Gasteiger partial charge in [-0.1, -0.05) is 29.3 Å². The fourth-order valence-electron chi connectivity index (χ4n) is 1.96. The van der Waals surface area contributed by atoms with Gasteiger partial charge in [0.2, 0.25) is 10.0 Å². The minimum Gasteiger partial charge on any atom is -0.392 e. The molecule has 4 nitrogen and oxygen atoms in total. The summed E-state index contributed by atoms with van der Waals surface area (Å²) < 4.78 is 26.0. The van der Waals surface area contributed by atoms with Crippen LogP contribution in [0.15, 0.2) is 23.1 Å². The molecule has 0 saturated carbocycles. The smallest absolute Gasteiger partial charge is 0.244 e. The average Bonchev–Trinajstić information content (AvgIpc) is 2.32. The highest BCUT2D eigenvalue weighted by Gasteiger charge is 2.31. The third-order valence-corrected chi connectivity index (χ3v) is 5.73. The molecular weight excluding hydrogens is 297 g/mol. The Morgan fingerprint density at radius 2 is 2.06 bits per heavy atom. The van der Waals surface area contributed by atoms with Gasteiger partial charge in [0, 0.05) is 13.1 Å². The number of hydrogen-bond acceptors (Lipinski definition) is 3. The van der Waals surface area contributed by atoms with Crippen molar-refractivity contribution in [2.24, 2.45) is 0 Å². The Balaban J connectivity index is 2.39.